The molecule has 0 bridgehead atoms. The molecule has 4 nitrogen and oxygen atoms in total. The van der Waals surface area contributed by atoms with Crippen molar-refractivity contribution in [2.24, 2.45) is 5.92 Å². The number of nitrogens with zero attached hydrogens (tertiary/aromatic N) is 4. The zero-order valence-electron chi connectivity index (χ0n) is 20.1. The molecule has 4 aromatic rings. The monoisotopic (exact) mass is 460 g/mol. The van der Waals surface area contributed by atoms with Gasteiger partial charge in [0.15, 0.2) is 0 Å². The highest BCUT2D eigenvalue weighted by molar-refractivity contribution is 5.34. The highest BCUT2D eigenvalue weighted by atomic mass is 15.1. The highest BCUT2D eigenvalue weighted by Gasteiger charge is 2.24. The lowest BCUT2D eigenvalue weighted by Crippen LogP contribution is -2.39. The van der Waals surface area contributed by atoms with Gasteiger partial charge in [0.2, 0.25) is 0 Å². The molecule has 176 valence electrons. The highest BCUT2D eigenvalue weighted by Crippen LogP contribution is 2.28. The third kappa shape index (κ3) is 5.88. The number of nitriles is 1. The summed E-state index contributed by atoms with van der Waals surface area (Å²) in [6.07, 6.45) is 7.30. The van der Waals surface area contributed by atoms with Gasteiger partial charge in [0.05, 0.1) is 18.0 Å². The van der Waals surface area contributed by atoms with Crippen LogP contribution >= 0.6 is 0 Å². The molecule has 5 rings (SSSR count). The second kappa shape index (κ2) is 11.2. The molecule has 0 amide bonds. The molecule has 1 saturated heterocycles. The minimum absolute atomic E-state index is 0.385. The fourth-order valence-corrected chi connectivity index (χ4v) is 5.34. The van der Waals surface area contributed by atoms with Crippen molar-refractivity contribution in [3.8, 4) is 6.07 Å². The van der Waals surface area contributed by atoms with Crippen molar-refractivity contribution in [2.75, 3.05) is 19.6 Å². The van der Waals surface area contributed by atoms with Gasteiger partial charge in [-0.3, -0.25) is 0 Å². The quantitative estimate of drug-likeness (QED) is 0.329. The van der Waals surface area contributed by atoms with Crippen molar-refractivity contribution in [1.82, 2.24) is 14.5 Å². The Morgan fingerprint density at radius 1 is 0.914 bits per heavy atom. The maximum absolute atomic E-state index is 9.05. The predicted octanol–water partition coefficient (Wildman–Crippen LogP) is 5.89. The molecule has 35 heavy (non-hydrogen) atoms. The normalized spacial score (nSPS) is 16.3. The Bertz CT molecular complexity index is 1200. The van der Waals surface area contributed by atoms with E-state index in [-0.39, 0.29) is 0 Å². The number of hydrogen-bond acceptors (Lipinski definition) is 3. The average Bonchev–Trinajstić information content (AvgIpc) is 3.35. The Hall–Kier alpha value is -3.68. The lowest BCUT2D eigenvalue weighted by molar-refractivity contribution is 0.158. The van der Waals surface area contributed by atoms with Gasteiger partial charge in [-0.2, -0.15) is 5.26 Å². The van der Waals surface area contributed by atoms with Crippen molar-refractivity contribution < 1.29 is 0 Å². The summed E-state index contributed by atoms with van der Waals surface area (Å²) in [5.41, 5.74) is 5.93. The van der Waals surface area contributed by atoms with Gasteiger partial charge >= 0.3 is 0 Å². The van der Waals surface area contributed by atoms with Crippen LogP contribution in [0.5, 0.6) is 0 Å². The average molecular weight is 461 g/mol. The predicted molar refractivity (Wildman–Crippen MR) is 140 cm³/mol. The van der Waals surface area contributed by atoms with E-state index in [0.717, 1.165) is 32.6 Å². The standard InChI is InChI=1S/C31H32N4/c32-19-26-15-13-25(14-16-26)18-30-20-33-24-35(30)22-27-8-7-17-34(21-27)23-31(28-9-3-1-4-10-28)29-11-5-2-6-12-29/h1-6,9-16,20,24,27,31H,7-8,17-18,21-23H2. The van der Waals surface area contributed by atoms with Crippen molar-refractivity contribution in [3.63, 3.8) is 0 Å². The third-order valence-electron chi connectivity index (χ3n) is 7.17. The van der Waals surface area contributed by atoms with E-state index in [0.29, 0.717) is 17.4 Å². The summed E-state index contributed by atoms with van der Waals surface area (Å²) in [5, 5.41) is 9.05. The molecule has 1 fully saturated rings. The summed E-state index contributed by atoms with van der Waals surface area (Å²) in [7, 11) is 0. The van der Waals surface area contributed by atoms with Crippen LogP contribution in [0.15, 0.2) is 97.5 Å². The van der Waals surface area contributed by atoms with Gasteiger partial charge < -0.3 is 9.47 Å². The first-order valence-corrected chi connectivity index (χ1v) is 12.6. The zero-order valence-corrected chi connectivity index (χ0v) is 20.1. The van der Waals surface area contributed by atoms with Crippen LogP contribution in [0.1, 0.15) is 46.7 Å². The Balaban J connectivity index is 1.26. The van der Waals surface area contributed by atoms with E-state index in [9.17, 15) is 0 Å². The van der Waals surface area contributed by atoms with Crippen LogP contribution in [0.25, 0.3) is 0 Å². The van der Waals surface area contributed by atoms with Crippen LogP contribution in [0.4, 0.5) is 0 Å². The molecule has 1 unspecified atom stereocenters. The smallest absolute Gasteiger partial charge is 0.0991 e. The molecule has 4 heteroatoms. The summed E-state index contributed by atoms with van der Waals surface area (Å²) in [4.78, 5) is 7.12. The minimum atomic E-state index is 0.385. The lowest BCUT2D eigenvalue weighted by atomic mass is 9.89. The van der Waals surface area contributed by atoms with Crippen molar-refractivity contribution in [1.29, 1.82) is 5.26 Å². The van der Waals surface area contributed by atoms with Gasteiger partial charge in [-0.25, -0.2) is 4.98 Å². The van der Waals surface area contributed by atoms with Crippen LogP contribution in [0.3, 0.4) is 0 Å². The Labute approximate surface area is 208 Å². The second-order valence-corrected chi connectivity index (χ2v) is 9.66. The summed E-state index contributed by atoms with van der Waals surface area (Å²) in [6.45, 7) is 4.33. The van der Waals surface area contributed by atoms with Crippen LogP contribution in [0.2, 0.25) is 0 Å². The molecule has 0 radical (unpaired) electrons. The Kier molecular flexibility index (Phi) is 7.36. The molecule has 2 heterocycles. The Morgan fingerprint density at radius 3 is 2.26 bits per heavy atom. The molecular weight excluding hydrogens is 428 g/mol. The van der Waals surface area contributed by atoms with Crippen LogP contribution in [-0.4, -0.2) is 34.1 Å². The number of aromatic nitrogens is 2. The summed E-state index contributed by atoms with van der Waals surface area (Å²) in [5.74, 6) is 1.00. The first-order valence-electron chi connectivity index (χ1n) is 12.6. The number of piperidine rings is 1. The molecule has 1 aliphatic heterocycles. The number of hydrogen-bond donors (Lipinski definition) is 0. The van der Waals surface area contributed by atoms with E-state index in [1.807, 2.05) is 36.8 Å². The van der Waals surface area contributed by atoms with E-state index < -0.39 is 0 Å². The molecule has 0 N–H and O–H groups in total. The molecule has 1 aromatic heterocycles. The van der Waals surface area contributed by atoms with Gasteiger partial charge in [-0.15, -0.1) is 0 Å². The van der Waals surface area contributed by atoms with Crippen LogP contribution in [0, 0.1) is 17.2 Å². The molecule has 0 saturated carbocycles. The molecule has 3 aromatic carbocycles. The molecule has 1 aliphatic rings. The van der Waals surface area contributed by atoms with Crippen LogP contribution in [-0.2, 0) is 13.0 Å². The first kappa shape index (κ1) is 23.1. The molecule has 0 aliphatic carbocycles. The fraction of sp³-hybridized carbons (Fsp3) is 0.290. The Morgan fingerprint density at radius 2 is 1.60 bits per heavy atom. The van der Waals surface area contributed by atoms with Crippen molar-refractivity contribution >= 4 is 0 Å². The second-order valence-electron chi connectivity index (χ2n) is 9.66. The van der Waals surface area contributed by atoms with Gasteiger partial charge in [0, 0.05) is 43.9 Å². The van der Waals surface area contributed by atoms with E-state index >= 15 is 0 Å². The van der Waals surface area contributed by atoms with Crippen LogP contribution < -0.4 is 0 Å². The van der Waals surface area contributed by atoms with Gasteiger partial charge in [-0.1, -0.05) is 72.8 Å². The zero-order chi connectivity index (χ0) is 23.9. The number of likely N-dealkylation sites (tertiary alicyclic amines) is 1. The lowest BCUT2D eigenvalue weighted by Gasteiger charge is -2.35. The maximum Gasteiger partial charge on any atom is 0.0991 e. The first-order chi connectivity index (χ1) is 17.3. The van der Waals surface area contributed by atoms with E-state index in [1.165, 1.54) is 35.2 Å². The van der Waals surface area contributed by atoms with Gasteiger partial charge in [0.25, 0.3) is 0 Å². The summed E-state index contributed by atoms with van der Waals surface area (Å²) >= 11 is 0. The number of imidazole rings is 1. The van der Waals surface area contributed by atoms with E-state index in [4.69, 9.17) is 5.26 Å². The SMILES string of the molecule is N#Cc1ccc(Cc2cncn2CC2CCCN(CC(c3ccccc3)c3ccccc3)C2)cc1. The minimum Gasteiger partial charge on any atom is -0.334 e. The third-order valence-corrected chi connectivity index (χ3v) is 7.17. The van der Waals surface area contributed by atoms with E-state index in [1.54, 1.807) is 0 Å². The van der Waals surface area contributed by atoms with Gasteiger partial charge in [0.1, 0.15) is 0 Å². The summed E-state index contributed by atoms with van der Waals surface area (Å²) in [6, 6.07) is 31.9. The van der Waals surface area contributed by atoms with Crippen molar-refractivity contribution in [3.05, 3.63) is 125 Å². The number of benzene rings is 3. The fourth-order valence-electron chi connectivity index (χ4n) is 5.34. The molecule has 0 spiro atoms. The summed E-state index contributed by atoms with van der Waals surface area (Å²) < 4.78 is 2.33. The topological polar surface area (TPSA) is 44.9 Å². The maximum atomic E-state index is 9.05. The number of rotatable bonds is 8. The van der Waals surface area contributed by atoms with Gasteiger partial charge in [-0.05, 0) is 54.1 Å². The largest absolute Gasteiger partial charge is 0.334 e. The molecular formula is C31H32N4. The van der Waals surface area contributed by atoms with E-state index in [2.05, 4.69) is 81.2 Å². The van der Waals surface area contributed by atoms with Crippen molar-refractivity contribution in [2.45, 2.75) is 31.7 Å². The molecule has 1 atom stereocenters.